The van der Waals surface area contributed by atoms with Crippen LogP contribution in [0, 0.1) is 0 Å². The van der Waals surface area contributed by atoms with Gasteiger partial charge in [-0.1, -0.05) is 6.07 Å². The standard InChI is InChI=1S/C16H22N2O5/c1-10(17-15(21)23-16(2,3)4)13(19)18-12-8-6-7-11(9-12)14(20)22-5/h6-10H,1-5H3,(H,17,21)(H,18,19). The molecule has 0 aliphatic carbocycles. The Morgan fingerprint density at radius 1 is 1.17 bits per heavy atom. The molecule has 0 aromatic heterocycles. The molecule has 7 heteroatoms. The third-order valence-corrected chi connectivity index (χ3v) is 2.68. The maximum atomic E-state index is 12.1. The number of methoxy groups -OCH3 is 1. The lowest BCUT2D eigenvalue weighted by Crippen LogP contribution is -2.43. The van der Waals surface area contributed by atoms with Gasteiger partial charge in [0.25, 0.3) is 0 Å². The minimum Gasteiger partial charge on any atom is -0.465 e. The number of carbonyl (C=O) groups is 3. The second kappa shape index (κ2) is 7.62. The SMILES string of the molecule is COC(=O)c1cccc(NC(=O)C(C)NC(=O)OC(C)(C)C)c1. The molecule has 0 aliphatic heterocycles. The quantitative estimate of drug-likeness (QED) is 0.830. The Kier molecular flexibility index (Phi) is 6.12. The summed E-state index contributed by atoms with van der Waals surface area (Å²) in [5, 5.41) is 5.05. The van der Waals surface area contributed by atoms with Crippen molar-refractivity contribution < 1.29 is 23.9 Å². The monoisotopic (exact) mass is 322 g/mol. The molecule has 1 aromatic carbocycles. The average Bonchev–Trinajstić information content (AvgIpc) is 2.44. The summed E-state index contributed by atoms with van der Waals surface area (Å²) in [5.74, 6) is -0.932. The van der Waals surface area contributed by atoms with Gasteiger partial charge in [0.05, 0.1) is 12.7 Å². The number of benzene rings is 1. The van der Waals surface area contributed by atoms with Crippen LogP contribution in [-0.4, -0.2) is 36.7 Å². The lowest BCUT2D eigenvalue weighted by atomic mass is 10.2. The third kappa shape index (κ3) is 6.37. The van der Waals surface area contributed by atoms with E-state index in [1.54, 1.807) is 39.0 Å². The van der Waals surface area contributed by atoms with Gasteiger partial charge in [0.2, 0.25) is 5.91 Å². The number of hydrogen-bond donors (Lipinski definition) is 2. The second-order valence-electron chi connectivity index (χ2n) is 5.93. The summed E-state index contributed by atoms with van der Waals surface area (Å²) in [6.45, 7) is 6.73. The van der Waals surface area contributed by atoms with E-state index in [0.717, 1.165) is 0 Å². The van der Waals surface area contributed by atoms with E-state index in [2.05, 4.69) is 15.4 Å². The molecule has 2 N–H and O–H groups in total. The number of carbonyl (C=O) groups excluding carboxylic acids is 3. The van der Waals surface area contributed by atoms with E-state index in [-0.39, 0.29) is 0 Å². The number of alkyl carbamates (subject to hydrolysis) is 1. The molecule has 1 rings (SSSR count). The van der Waals surface area contributed by atoms with Crippen molar-refractivity contribution in [1.29, 1.82) is 0 Å². The molecule has 7 nitrogen and oxygen atoms in total. The summed E-state index contributed by atoms with van der Waals surface area (Å²) in [5.41, 5.74) is 0.101. The van der Waals surface area contributed by atoms with Crippen LogP contribution in [-0.2, 0) is 14.3 Å². The zero-order valence-electron chi connectivity index (χ0n) is 13.9. The molecule has 0 aliphatic rings. The van der Waals surface area contributed by atoms with Crippen molar-refractivity contribution in [3.8, 4) is 0 Å². The fraction of sp³-hybridized carbons (Fsp3) is 0.438. The predicted molar refractivity (Wildman–Crippen MR) is 85.2 cm³/mol. The first-order valence-electron chi connectivity index (χ1n) is 7.11. The maximum Gasteiger partial charge on any atom is 0.408 e. The highest BCUT2D eigenvalue weighted by Gasteiger charge is 2.21. The van der Waals surface area contributed by atoms with E-state index in [1.807, 2.05) is 0 Å². The predicted octanol–water partition coefficient (Wildman–Crippen LogP) is 2.32. The average molecular weight is 322 g/mol. The normalized spacial score (nSPS) is 12.0. The number of amides is 2. The zero-order valence-corrected chi connectivity index (χ0v) is 13.9. The number of anilines is 1. The molecule has 1 aromatic rings. The van der Waals surface area contributed by atoms with Crippen molar-refractivity contribution in [2.45, 2.75) is 39.3 Å². The summed E-state index contributed by atoms with van der Waals surface area (Å²) in [6, 6.07) is 5.51. The third-order valence-electron chi connectivity index (χ3n) is 2.68. The summed E-state index contributed by atoms with van der Waals surface area (Å²) in [7, 11) is 1.28. The van der Waals surface area contributed by atoms with E-state index < -0.39 is 29.6 Å². The summed E-state index contributed by atoms with van der Waals surface area (Å²) in [4.78, 5) is 35.2. The zero-order chi connectivity index (χ0) is 17.6. The topological polar surface area (TPSA) is 93.7 Å². The molecule has 0 radical (unpaired) electrons. The van der Waals surface area contributed by atoms with Crippen molar-refractivity contribution in [1.82, 2.24) is 5.32 Å². The van der Waals surface area contributed by atoms with Crippen molar-refractivity contribution >= 4 is 23.7 Å². The van der Waals surface area contributed by atoms with Crippen LogP contribution < -0.4 is 10.6 Å². The van der Waals surface area contributed by atoms with Gasteiger partial charge in [-0.05, 0) is 45.9 Å². The molecule has 1 unspecified atom stereocenters. The molecule has 1 atom stereocenters. The first-order valence-corrected chi connectivity index (χ1v) is 7.11. The van der Waals surface area contributed by atoms with Crippen LogP contribution in [0.15, 0.2) is 24.3 Å². The molecular weight excluding hydrogens is 300 g/mol. The molecule has 0 fully saturated rings. The maximum absolute atomic E-state index is 12.1. The summed E-state index contributed by atoms with van der Waals surface area (Å²) >= 11 is 0. The highest BCUT2D eigenvalue weighted by atomic mass is 16.6. The Balaban J connectivity index is 2.65. The van der Waals surface area contributed by atoms with Crippen molar-refractivity contribution in [2.24, 2.45) is 0 Å². The van der Waals surface area contributed by atoms with Crippen LogP contribution >= 0.6 is 0 Å². The Bertz CT molecular complexity index is 592. The smallest absolute Gasteiger partial charge is 0.408 e. The first-order chi connectivity index (χ1) is 10.6. The van der Waals surface area contributed by atoms with E-state index in [0.29, 0.717) is 11.3 Å². The van der Waals surface area contributed by atoms with Crippen LogP contribution in [0.3, 0.4) is 0 Å². The summed E-state index contributed by atoms with van der Waals surface area (Å²) in [6.07, 6.45) is -0.677. The van der Waals surface area contributed by atoms with Gasteiger partial charge in [-0.15, -0.1) is 0 Å². The van der Waals surface area contributed by atoms with Crippen LogP contribution in [0.25, 0.3) is 0 Å². The van der Waals surface area contributed by atoms with Crippen LogP contribution in [0.1, 0.15) is 38.1 Å². The van der Waals surface area contributed by atoms with Crippen molar-refractivity contribution in [2.75, 3.05) is 12.4 Å². The highest BCUT2D eigenvalue weighted by Crippen LogP contribution is 2.12. The lowest BCUT2D eigenvalue weighted by Gasteiger charge is -2.21. The van der Waals surface area contributed by atoms with Gasteiger partial charge in [-0.25, -0.2) is 9.59 Å². The van der Waals surface area contributed by atoms with Gasteiger partial charge in [-0.3, -0.25) is 4.79 Å². The van der Waals surface area contributed by atoms with Gasteiger partial charge in [0.15, 0.2) is 0 Å². The minimum atomic E-state index is -0.799. The van der Waals surface area contributed by atoms with E-state index >= 15 is 0 Å². The van der Waals surface area contributed by atoms with Crippen molar-refractivity contribution in [3.05, 3.63) is 29.8 Å². The molecule has 2 amide bonds. The Labute approximate surface area is 135 Å². The Morgan fingerprint density at radius 2 is 1.83 bits per heavy atom. The van der Waals surface area contributed by atoms with Gasteiger partial charge in [0, 0.05) is 5.69 Å². The number of nitrogens with one attached hydrogen (secondary N) is 2. The van der Waals surface area contributed by atoms with Gasteiger partial charge in [-0.2, -0.15) is 0 Å². The van der Waals surface area contributed by atoms with Crippen LogP contribution in [0.2, 0.25) is 0 Å². The molecule has 126 valence electrons. The number of ether oxygens (including phenoxy) is 2. The minimum absolute atomic E-state index is 0.318. The van der Waals surface area contributed by atoms with E-state index in [4.69, 9.17) is 4.74 Å². The van der Waals surface area contributed by atoms with Gasteiger partial charge >= 0.3 is 12.1 Å². The molecule has 23 heavy (non-hydrogen) atoms. The Hall–Kier alpha value is -2.57. The lowest BCUT2D eigenvalue weighted by molar-refractivity contribution is -0.117. The number of hydrogen-bond acceptors (Lipinski definition) is 5. The number of esters is 1. The fourth-order valence-corrected chi connectivity index (χ4v) is 1.64. The van der Waals surface area contributed by atoms with Gasteiger partial charge < -0.3 is 20.1 Å². The van der Waals surface area contributed by atoms with E-state index in [1.165, 1.54) is 20.1 Å². The molecule has 0 saturated carbocycles. The molecule has 0 saturated heterocycles. The van der Waals surface area contributed by atoms with Crippen LogP contribution in [0.4, 0.5) is 10.5 Å². The van der Waals surface area contributed by atoms with Gasteiger partial charge in [0.1, 0.15) is 11.6 Å². The largest absolute Gasteiger partial charge is 0.465 e. The van der Waals surface area contributed by atoms with Crippen molar-refractivity contribution in [3.63, 3.8) is 0 Å². The molecule has 0 heterocycles. The molecular formula is C16H22N2O5. The van der Waals surface area contributed by atoms with Crippen LogP contribution in [0.5, 0.6) is 0 Å². The number of rotatable bonds is 4. The highest BCUT2D eigenvalue weighted by molar-refractivity contribution is 5.97. The molecule has 0 spiro atoms. The summed E-state index contributed by atoms with van der Waals surface area (Å²) < 4.78 is 9.70. The van der Waals surface area contributed by atoms with E-state index in [9.17, 15) is 14.4 Å². The first kappa shape index (κ1) is 18.5. The fourth-order valence-electron chi connectivity index (χ4n) is 1.64. The second-order valence-corrected chi connectivity index (χ2v) is 5.93. The Morgan fingerprint density at radius 3 is 2.39 bits per heavy atom. The molecule has 0 bridgehead atoms.